The second-order valence-corrected chi connectivity index (χ2v) is 6.87. The summed E-state index contributed by atoms with van der Waals surface area (Å²) in [7, 11) is -3.58. The van der Waals surface area contributed by atoms with Crippen LogP contribution in [0.15, 0.2) is 29.2 Å². The Bertz CT molecular complexity index is 619. The molecule has 0 spiro atoms. The van der Waals surface area contributed by atoms with E-state index in [1.165, 1.54) is 12.1 Å². The van der Waals surface area contributed by atoms with Gasteiger partial charge in [-0.15, -0.1) is 0 Å². The highest BCUT2D eigenvalue weighted by atomic mass is 32.2. The van der Waals surface area contributed by atoms with Gasteiger partial charge in [-0.3, -0.25) is 0 Å². The molecule has 0 saturated carbocycles. The molecule has 1 unspecified atom stereocenters. The van der Waals surface area contributed by atoms with Gasteiger partial charge in [-0.1, -0.05) is 6.07 Å². The van der Waals surface area contributed by atoms with Gasteiger partial charge in [-0.2, -0.15) is 5.26 Å². The van der Waals surface area contributed by atoms with Crippen molar-refractivity contribution in [2.75, 3.05) is 26.4 Å². The molecule has 0 amide bonds. The summed E-state index contributed by atoms with van der Waals surface area (Å²) in [5, 5.41) is 8.80. The third-order valence-corrected chi connectivity index (χ3v) is 4.82. The molecule has 0 bridgehead atoms. The van der Waals surface area contributed by atoms with Crippen molar-refractivity contribution in [1.29, 1.82) is 5.26 Å². The Morgan fingerprint density at radius 3 is 3.05 bits per heavy atom. The van der Waals surface area contributed by atoms with Crippen LogP contribution in [0.3, 0.4) is 0 Å². The Morgan fingerprint density at radius 2 is 2.32 bits per heavy atom. The number of hydrogen-bond acceptors (Lipinski definition) is 5. The molecule has 1 N–H and O–H groups in total. The fourth-order valence-corrected chi connectivity index (χ4v) is 3.31. The highest BCUT2D eigenvalue weighted by Crippen LogP contribution is 2.12. The first-order valence-corrected chi connectivity index (χ1v) is 8.79. The first-order valence-electron chi connectivity index (χ1n) is 7.31. The highest BCUT2D eigenvalue weighted by molar-refractivity contribution is 7.89. The van der Waals surface area contributed by atoms with E-state index in [-0.39, 0.29) is 11.0 Å². The van der Waals surface area contributed by atoms with Gasteiger partial charge in [-0.25, -0.2) is 13.1 Å². The summed E-state index contributed by atoms with van der Waals surface area (Å²) in [6.45, 7) is 2.15. The summed E-state index contributed by atoms with van der Waals surface area (Å²) in [4.78, 5) is 0.104. The zero-order valence-electron chi connectivity index (χ0n) is 12.3. The first-order chi connectivity index (χ1) is 10.6. The maximum Gasteiger partial charge on any atom is 0.240 e. The lowest BCUT2D eigenvalue weighted by Gasteiger charge is -2.10. The molecule has 7 heteroatoms. The summed E-state index contributed by atoms with van der Waals surface area (Å²) < 4.78 is 37.5. The van der Waals surface area contributed by atoms with Gasteiger partial charge < -0.3 is 9.47 Å². The van der Waals surface area contributed by atoms with E-state index in [4.69, 9.17) is 14.7 Å². The number of nitrogens with zero attached hydrogens (tertiary/aromatic N) is 1. The van der Waals surface area contributed by atoms with Crippen LogP contribution in [0.1, 0.15) is 24.8 Å². The van der Waals surface area contributed by atoms with Crippen molar-refractivity contribution in [2.24, 2.45) is 0 Å². The molecule has 120 valence electrons. The minimum Gasteiger partial charge on any atom is -0.379 e. The summed E-state index contributed by atoms with van der Waals surface area (Å²) in [5.41, 5.74) is 0.322. The number of benzene rings is 1. The van der Waals surface area contributed by atoms with Crippen LogP contribution in [-0.4, -0.2) is 40.9 Å². The van der Waals surface area contributed by atoms with E-state index in [1.54, 1.807) is 12.1 Å². The highest BCUT2D eigenvalue weighted by Gasteiger charge is 2.16. The zero-order chi connectivity index (χ0) is 15.8. The molecule has 2 rings (SSSR count). The van der Waals surface area contributed by atoms with Gasteiger partial charge in [0.05, 0.1) is 29.2 Å². The molecule has 1 aromatic carbocycles. The number of nitrogens with one attached hydrogen (secondary N) is 1. The molecule has 1 aromatic rings. The third-order valence-electron chi connectivity index (χ3n) is 3.36. The van der Waals surface area contributed by atoms with Gasteiger partial charge in [-0.05, 0) is 37.5 Å². The molecule has 0 radical (unpaired) electrons. The van der Waals surface area contributed by atoms with Gasteiger partial charge in [0.2, 0.25) is 10.0 Å². The van der Waals surface area contributed by atoms with Gasteiger partial charge in [0.25, 0.3) is 0 Å². The molecule has 1 aliphatic rings. The van der Waals surface area contributed by atoms with E-state index in [2.05, 4.69) is 4.72 Å². The second kappa shape index (κ2) is 8.25. The molecule has 0 aliphatic carbocycles. The summed E-state index contributed by atoms with van der Waals surface area (Å²) >= 11 is 0. The predicted octanol–water partition coefficient (Wildman–Crippen LogP) is 1.42. The van der Waals surface area contributed by atoms with E-state index in [0.717, 1.165) is 19.4 Å². The van der Waals surface area contributed by atoms with Crippen LogP contribution in [0.2, 0.25) is 0 Å². The number of sulfonamides is 1. The Hall–Kier alpha value is -1.46. The van der Waals surface area contributed by atoms with Crippen molar-refractivity contribution < 1.29 is 17.9 Å². The standard InChI is InChI=1S/C15H20N2O4S/c16-11-13-4-1-6-15(10-13)22(18,19)17-7-3-8-20-12-14-5-2-9-21-14/h1,4,6,10,14,17H,2-3,5,7-9,12H2. The van der Waals surface area contributed by atoms with Crippen LogP contribution in [0.25, 0.3) is 0 Å². The fraction of sp³-hybridized carbons (Fsp3) is 0.533. The predicted molar refractivity (Wildman–Crippen MR) is 80.8 cm³/mol. The van der Waals surface area contributed by atoms with E-state index in [9.17, 15) is 8.42 Å². The molecular weight excluding hydrogens is 304 g/mol. The SMILES string of the molecule is N#Cc1cccc(S(=O)(=O)NCCCOCC2CCCO2)c1. The van der Waals surface area contributed by atoms with Gasteiger partial charge in [0.1, 0.15) is 0 Å². The van der Waals surface area contributed by atoms with Crippen molar-refractivity contribution in [3.8, 4) is 6.07 Å². The lowest BCUT2D eigenvalue weighted by Crippen LogP contribution is -2.26. The minimum absolute atomic E-state index is 0.104. The Kier molecular flexibility index (Phi) is 6.34. The van der Waals surface area contributed by atoms with Gasteiger partial charge in [0, 0.05) is 19.8 Å². The van der Waals surface area contributed by atoms with Crippen molar-refractivity contribution in [1.82, 2.24) is 4.72 Å². The minimum atomic E-state index is -3.58. The average Bonchev–Trinajstić information content (AvgIpc) is 3.04. The monoisotopic (exact) mass is 324 g/mol. The molecule has 1 atom stereocenters. The molecule has 1 heterocycles. The smallest absolute Gasteiger partial charge is 0.240 e. The maximum atomic E-state index is 12.1. The molecule has 0 aromatic heterocycles. The lowest BCUT2D eigenvalue weighted by molar-refractivity contribution is 0.0169. The maximum absolute atomic E-state index is 12.1. The van der Waals surface area contributed by atoms with Crippen LogP contribution < -0.4 is 4.72 Å². The van der Waals surface area contributed by atoms with Crippen LogP contribution >= 0.6 is 0 Å². The van der Waals surface area contributed by atoms with Gasteiger partial charge in [0.15, 0.2) is 0 Å². The average molecular weight is 324 g/mol. The van der Waals surface area contributed by atoms with Crippen molar-refractivity contribution >= 4 is 10.0 Å². The molecule has 1 saturated heterocycles. The molecule has 6 nitrogen and oxygen atoms in total. The number of ether oxygens (including phenoxy) is 2. The van der Waals surface area contributed by atoms with Crippen LogP contribution in [0.4, 0.5) is 0 Å². The van der Waals surface area contributed by atoms with E-state index in [0.29, 0.717) is 31.7 Å². The second-order valence-electron chi connectivity index (χ2n) is 5.10. The first kappa shape index (κ1) is 16.9. The fourth-order valence-electron chi connectivity index (χ4n) is 2.19. The number of rotatable bonds is 8. The van der Waals surface area contributed by atoms with E-state index < -0.39 is 10.0 Å². The summed E-state index contributed by atoms with van der Waals surface area (Å²) in [6.07, 6.45) is 2.88. The number of hydrogen-bond donors (Lipinski definition) is 1. The van der Waals surface area contributed by atoms with Gasteiger partial charge >= 0.3 is 0 Å². The molecule has 22 heavy (non-hydrogen) atoms. The Morgan fingerprint density at radius 1 is 1.45 bits per heavy atom. The van der Waals surface area contributed by atoms with Crippen molar-refractivity contribution in [3.63, 3.8) is 0 Å². The van der Waals surface area contributed by atoms with Crippen LogP contribution in [0.5, 0.6) is 0 Å². The quantitative estimate of drug-likeness (QED) is 0.731. The van der Waals surface area contributed by atoms with Crippen LogP contribution in [0, 0.1) is 11.3 Å². The van der Waals surface area contributed by atoms with Crippen molar-refractivity contribution in [2.45, 2.75) is 30.3 Å². The summed E-state index contributed by atoms with van der Waals surface area (Å²) in [6, 6.07) is 7.87. The topological polar surface area (TPSA) is 88.4 Å². The van der Waals surface area contributed by atoms with Crippen LogP contribution in [-0.2, 0) is 19.5 Å². The van der Waals surface area contributed by atoms with E-state index in [1.807, 2.05) is 6.07 Å². The molecule has 1 aliphatic heterocycles. The third kappa shape index (κ3) is 5.07. The Labute approximate surface area is 131 Å². The van der Waals surface area contributed by atoms with Crippen molar-refractivity contribution in [3.05, 3.63) is 29.8 Å². The van der Waals surface area contributed by atoms with E-state index >= 15 is 0 Å². The normalized spacial score (nSPS) is 18.2. The Balaban J connectivity index is 1.69. The molecule has 1 fully saturated rings. The zero-order valence-corrected chi connectivity index (χ0v) is 13.1. The largest absolute Gasteiger partial charge is 0.379 e. The lowest BCUT2D eigenvalue weighted by atomic mass is 10.2. The summed E-state index contributed by atoms with van der Waals surface area (Å²) in [5.74, 6) is 0. The molecular formula is C15H20N2O4S. The number of nitriles is 1.